The quantitative estimate of drug-likeness (QED) is 0.759. The van der Waals surface area contributed by atoms with Gasteiger partial charge in [0.05, 0.1) is 17.6 Å². The van der Waals surface area contributed by atoms with Crippen LogP contribution >= 0.6 is 0 Å². The van der Waals surface area contributed by atoms with E-state index in [0.29, 0.717) is 12.5 Å². The number of rotatable bonds is 6. The first kappa shape index (κ1) is 14.3. The Morgan fingerprint density at radius 2 is 1.83 bits per heavy atom. The van der Waals surface area contributed by atoms with Crippen LogP contribution in [0, 0.1) is 0 Å². The Kier molecular flexibility index (Phi) is 3.75. The fraction of sp³-hybridized carbons (Fsp3) is 0.316. The van der Waals surface area contributed by atoms with Gasteiger partial charge in [0.25, 0.3) is 0 Å². The average molecular weight is 308 g/mol. The third-order valence-corrected chi connectivity index (χ3v) is 4.21. The Balaban J connectivity index is 1.51. The number of fused-ring (bicyclic) bond motifs is 1. The molecule has 0 spiro atoms. The Hall–Kier alpha value is -2.33. The molecule has 1 N–H and O–H groups in total. The number of para-hydroxylation sites is 3. The largest absolute Gasteiger partial charge is 0.491 e. The van der Waals surface area contributed by atoms with E-state index >= 15 is 0 Å². The molecule has 1 heterocycles. The van der Waals surface area contributed by atoms with Gasteiger partial charge in [-0.15, -0.1) is 0 Å². The van der Waals surface area contributed by atoms with Gasteiger partial charge >= 0.3 is 0 Å². The third kappa shape index (κ3) is 3.08. The van der Waals surface area contributed by atoms with Crippen molar-refractivity contribution in [2.75, 3.05) is 6.61 Å². The molecule has 118 valence electrons. The predicted molar refractivity (Wildman–Crippen MR) is 89.7 cm³/mol. The van der Waals surface area contributed by atoms with E-state index in [2.05, 4.69) is 10.6 Å². The summed E-state index contributed by atoms with van der Waals surface area (Å²) in [7, 11) is 0. The molecule has 0 bridgehead atoms. The molecule has 1 atom stereocenters. The van der Waals surface area contributed by atoms with Crippen molar-refractivity contribution in [1.29, 1.82) is 0 Å². The number of benzene rings is 2. The van der Waals surface area contributed by atoms with E-state index < -0.39 is 6.10 Å². The summed E-state index contributed by atoms with van der Waals surface area (Å²) in [5, 5.41) is 10.4. The number of nitrogens with zero attached hydrogens (tertiary/aromatic N) is 2. The van der Waals surface area contributed by atoms with Crippen LogP contribution in [0.15, 0.2) is 54.6 Å². The van der Waals surface area contributed by atoms with Crippen molar-refractivity contribution in [2.24, 2.45) is 0 Å². The zero-order valence-corrected chi connectivity index (χ0v) is 12.9. The zero-order chi connectivity index (χ0) is 15.6. The van der Waals surface area contributed by atoms with Gasteiger partial charge in [-0.1, -0.05) is 30.3 Å². The Morgan fingerprint density at radius 1 is 1.09 bits per heavy atom. The van der Waals surface area contributed by atoms with E-state index in [-0.39, 0.29) is 6.61 Å². The van der Waals surface area contributed by atoms with Gasteiger partial charge in [0.1, 0.15) is 24.3 Å². The van der Waals surface area contributed by atoms with E-state index in [0.717, 1.165) is 22.6 Å². The lowest BCUT2D eigenvalue weighted by molar-refractivity contribution is 0.0927. The summed E-state index contributed by atoms with van der Waals surface area (Å²) in [6.07, 6.45) is 1.82. The van der Waals surface area contributed by atoms with Crippen LogP contribution < -0.4 is 4.74 Å². The highest BCUT2D eigenvalue weighted by atomic mass is 16.5. The topological polar surface area (TPSA) is 47.3 Å². The normalized spacial score (nSPS) is 15.7. The number of hydrogen-bond donors (Lipinski definition) is 1. The van der Waals surface area contributed by atoms with Crippen molar-refractivity contribution >= 4 is 11.0 Å². The lowest BCUT2D eigenvalue weighted by atomic mass is 10.3. The molecule has 4 rings (SSSR count). The van der Waals surface area contributed by atoms with E-state index in [1.807, 2.05) is 48.5 Å². The zero-order valence-electron chi connectivity index (χ0n) is 12.9. The van der Waals surface area contributed by atoms with Crippen LogP contribution in [-0.4, -0.2) is 27.4 Å². The molecule has 0 aliphatic heterocycles. The molecule has 1 aromatic heterocycles. The molecule has 2 aromatic carbocycles. The highest BCUT2D eigenvalue weighted by molar-refractivity contribution is 5.76. The molecule has 0 radical (unpaired) electrons. The van der Waals surface area contributed by atoms with Crippen LogP contribution in [0.2, 0.25) is 0 Å². The number of hydrogen-bond acceptors (Lipinski definition) is 3. The van der Waals surface area contributed by atoms with Crippen molar-refractivity contribution in [2.45, 2.75) is 31.4 Å². The van der Waals surface area contributed by atoms with Gasteiger partial charge in [0.2, 0.25) is 0 Å². The summed E-state index contributed by atoms with van der Waals surface area (Å²) >= 11 is 0. The van der Waals surface area contributed by atoms with Crippen LogP contribution in [0.4, 0.5) is 0 Å². The smallest absolute Gasteiger partial charge is 0.119 e. The fourth-order valence-electron chi connectivity index (χ4n) is 2.91. The van der Waals surface area contributed by atoms with Gasteiger partial charge in [-0.2, -0.15) is 0 Å². The summed E-state index contributed by atoms with van der Waals surface area (Å²) in [4.78, 5) is 4.76. The van der Waals surface area contributed by atoms with Crippen molar-refractivity contribution in [3.05, 3.63) is 60.4 Å². The maximum Gasteiger partial charge on any atom is 0.119 e. The van der Waals surface area contributed by atoms with Crippen molar-refractivity contribution < 1.29 is 9.84 Å². The average Bonchev–Trinajstić information content (AvgIpc) is 3.37. The second-order valence-electron chi connectivity index (χ2n) is 6.12. The van der Waals surface area contributed by atoms with Crippen LogP contribution in [0.1, 0.15) is 24.6 Å². The van der Waals surface area contributed by atoms with Crippen LogP contribution in [0.3, 0.4) is 0 Å². The van der Waals surface area contributed by atoms with E-state index in [4.69, 9.17) is 9.72 Å². The lowest BCUT2D eigenvalue weighted by Crippen LogP contribution is -2.24. The number of aromatic nitrogens is 2. The first-order chi connectivity index (χ1) is 11.3. The second-order valence-corrected chi connectivity index (χ2v) is 6.12. The standard InChI is InChI=1S/C19H20N2O2/c22-15(13-23-16-6-2-1-3-7-16)12-21-18-9-5-4-8-17(18)20-19(21)14-10-11-14/h1-9,14-15,22H,10-13H2/t15-/m0/s1. The first-order valence-corrected chi connectivity index (χ1v) is 8.12. The van der Waals surface area contributed by atoms with E-state index in [1.54, 1.807) is 0 Å². The molecule has 1 saturated carbocycles. The molecule has 1 fully saturated rings. The summed E-state index contributed by atoms with van der Waals surface area (Å²) in [6, 6.07) is 17.7. The molecule has 23 heavy (non-hydrogen) atoms. The maximum absolute atomic E-state index is 10.4. The number of imidazole rings is 1. The summed E-state index contributed by atoms with van der Waals surface area (Å²) in [5.74, 6) is 2.43. The van der Waals surface area contributed by atoms with Crippen LogP contribution in [0.25, 0.3) is 11.0 Å². The Morgan fingerprint density at radius 3 is 2.61 bits per heavy atom. The maximum atomic E-state index is 10.4. The second kappa shape index (κ2) is 6.05. The van der Waals surface area contributed by atoms with Crippen LogP contribution in [-0.2, 0) is 6.54 Å². The first-order valence-electron chi connectivity index (χ1n) is 8.12. The SMILES string of the molecule is O[C@H](COc1ccccc1)Cn1c(C2CC2)nc2ccccc21. The molecule has 0 saturated heterocycles. The van der Waals surface area contributed by atoms with Gasteiger partial charge < -0.3 is 14.4 Å². The third-order valence-electron chi connectivity index (χ3n) is 4.21. The summed E-state index contributed by atoms with van der Waals surface area (Å²) in [6.45, 7) is 0.791. The molecule has 4 heteroatoms. The number of ether oxygens (including phenoxy) is 1. The molecular formula is C19H20N2O2. The van der Waals surface area contributed by atoms with Crippen molar-refractivity contribution in [1.82, 2.24) is 9.55 Å². The van der Waals surface area contributed by atoms with Crippen LogP contribution in [0.5, 0.6) is 5.75 Å². The van der Waals surface area contributed by atoms with Gasteiger partial charge in [-0.3, -0.25) is 0 Å². The Labute approximate surface area is 135 Å². The molecule has 4 nitrogen and oxygen atoms in total. The highest BCUT2D eigenvalue weighted by Crippen LogP contribution is 2.40. The highest BCUT2D eigenvalue weighted by Gasteiger charge is 2.30. The van der Waals surface area contributed by atoms with Crippen molar-refractivity contribution in [3.8, 4) is 5.75 Å². The molecule has 1 aliphatic carbocycles. The van der Waals surface area contributed by atoms with E-state index in [9.17, 15) is 5.11 Å². The molecule has 0 amide bonds. The van der Waals surface area contributed by atoms with E-state index in [1.165, 1.54) is 12.8 Å². The number of aliphatic hydroxyl groups is 1. The van der Waals surface area contributed by atoms with Gasteiger partial charge in [0.15, 0.2) is 0 Å². The minimum atomic E-state index is -0.565. The summed E-state index contributed by atoms with van der Waals surface area (Å²) < 4.78 is 7.82. The van der Waals surface area contributed by atoms with Gasteiger partial charge in [-0.05, 0) is 37.1 Å². The number of aliphatic hydroxyl groups excluding tert-OH is 1. The molecule has 1 aliphatic rings. The fourth-order valence-corrected chi connectivity index (χ4v) is 2.91. The Bertz CT molecular complexity index is 793. The monoisotopic (exact) mass is 308 g/mol. The minimum Gasteiger partial charge on any atom is -0.491 e. The molecular weight excluding hydrogens is 288 g/mol. The minimum absolute atomic E-state index is 0.278. The van der Waals surface area contributed by atoms with Gasteiger partial charge in [0, 0.05) is 5.92 Å². The molecule has 3 aromatic rings. The summed E-state index contributed by atoms with van der Waals surface area (Å²) in [5.41, 5.74) is 2.10. The predicted octanol–water partition coefficient (Wildman–Crippen LogP) is 3.35. The van der Waals surface area contributed by atoms with Crippen molar-refractivity contribution in [3.63, 3.8) is 0 Å². The van der Waals surface area contributed by atoms with Gasteiger partial charge in [-0.25, -0.2) is 4.98 Å². The molecule has 0 unspecified atom stereocenters. The lowest BCUT2D eigenvalue weighted by Gasteiger charge is -2.15.